The monoisotopic (exact) mass is 242 g/mol. The van der Waals surface area contributed by atoms with Gasteiger partial charge in [-0.15, -0.1) is 0 Å². The zero-order chi connectivity index (χ0) is 12.7. The maximum Gasteiger partial charge on any atom is 0.403 e. The second kappa shape index (κ2) is 3.66. The van der Waals surface area contributed by atoms with Gasteiger partial charge in [-0.05, 0) is 29.6 Å². The van der Waals surface area contributed by atoms with Crippen molar-refractivity contribution in [2.75, 3.05) is 5.73 Å². The molecule has 0 aromatic carbocycles. The van der Waals surface area contributed by atoms with E-state index in [1.807, 2.05) is 31.5 Å². The van der Waals surface area contributed by atoms with Gasteiger partial charge in [0, 0.05) is 5.88 Å². The van der Waals surface area contributed by atoms with Crippen molar-refractivity contribution in [3.05, 3.63) is 30.1 Å². The molecule has 0 fully saturated rings. The summed E-state index contributed by atoms with van der Waals surface area (Å²) in [5.74, 6) is -0.0228. The van der Waals surface area contributed by atoms with Crippen molar-refractivity contribution in [1.82, 2.24) is 19.9 Å². The molecule has 0 spiro atoms. The van der Waals surface area contributed by atoms with E-state index in [0.29, 0.717) is 5.95 Å². The van der Waals surface area contributed by atoms with Crippen molar-refractivity contribution in [3.8, 4) is 11.8 Å². The van der Waals surface area contributed by atoms with Crippen molar-refractivity contribution < 1.29 is 9.67 Å². The van der Waals surface area contributed by atoms with E-state index < -0.39 is 5.88 Å². The van der Waals surface area contributed by atoms with Gasteiger partial charge in [0.2, 0.25) is 5.95 Å². The van der Waals surface area contributed by atoms with Crippen LogP contribution in [0.2, 0.25) is 0 Å². The summed E-state index contributed by atoms with van der Waals surface area (Å²) in [6, 6.07) is 3.87. The summed E-state index contributed by atoms with van der Waals surface area (Å²) in [6.45, 7) is 1.99. The lowest BCUT2D eigenvalue weighted by Crippen LogP contribution is -2.30. The molecule has 0 radical (unpaired) electrons. The fraction of sp³-hybridized carbons (Fsp3) is 0.0909. The number of nitrogens with two attached hydrogens (primary N) is 1. The van der Waals surface area contributed by atoms with Crippen LogP contribution >= 0.6 is 0 Å². The molecule has 0 bridgehead atoms. The number of nitrogens with zero attached hydrogens (tertiary/aromatic N) is 4. The maximum absolute atomic E-state index is 11.6. The molecule has 3 heterocycles. The summed E-state index contributed by atoms with van der Waals surface area (Å²) in [6.07, 6.45) is 3.68. The van der Waals surface area contributed by atoms with Gasteiger partial charge in [-0.25, -0.2) is 14.5 Å². The van der Waals surface area contributed by atoms with E-state index in [9.17, 15) is 5.11 Å². The Morgan fingerprint density at radius 3 is 2.67 bits per heavy atom. The molecular weight excluding hydrogens is 232 g/mol. The second-order valence-corrected chi connectivity index (χ2v) is 3.93. The quantitative estimate of drug-likeness (QED) is 0.564. The van der Waals surface area contributed by atoms with Crippen LogP contribution in [-0.2, 0) is 0 Å². The molecule has 0 unspecified atom stereocenters. The van der Waals surface area contributed by atoms with Crippen LogP contribution in [0.3, 0.4) is 0 Å². The molecule has 3 aromatic heterocycles. The van der Waals surface area contributed by atoms with Gasteiger partial charge >= 0.3 is 5.95 Å². The number of hydrogen-bond acceptors (Lipinski definition) is 5. The lowest BCUT2D eigenvalue weighted by molar-refractivity contribution is -0.603. The summed E-state index contributed by atoms with van der Waals surface area (Å²) < 4.78 is 1.75. The number of anilines is 1. The summed E-state index contributed by atoms with van der Waals surface area (Å²) in [4.78, 5) is 14.6. The fourth-order valence-electron chi connectivity index (χ4n) is 1.64. The predicted octanol–water partition coefficient (Wildman–Crippen LogP) is -0.406. The maximum atomic E-state index is 11.6. The van der Waals surface area contributed by atoms with Crippen LogP contribution in [0, 0.1) is 6.92 Å². The van der Waals surface area contributed by atoms with Gasteiger partial charge in [0.05, 0.1) is 12.4 Å². The first-order valence-electron chi connectivity index (χ1n) is 5.32. The van der Waals surface area contributed by atoms with E-state index in [-0.39, 0.29) is 17.1 Å². The van der Waals surface area contributed by atoms with E-state index >= 15 is 0 Å². The van der Waals surface area contributed by atoms with Crippen LogP contribution in [0.15, 0.2) is 24.5 Å². The predicted molar refractivity (Wildman–Crippen MR) is 61.8 cm³/mol. The van der Waals surface area contributed by atoms with Gasteiger partial charge in [-0.2, -0.15) is 4.98 Å². The number of fused-ring (bicyclic) bond motifs is 1. The van der Waals surface area contributed by atoms with Crippen molar-refractivity contribution in [2.45, 2.75) is 6.92 Å². The first kappa shape index (κ1) is 10.5. The molecular formula is C11H10N6O. The third kappa shape index (κ3) is 1.61. The Labute approximate surface area is 102 Å². The SMILES string of the molecule is Cc1cc[n+](-c2nc3nc(N)nc([O-])c3[nH]2)cc1. The number of H-pyrrole nitrogens is 1. The van der Waals surface area contributed by atoms with E-state index in [1.165, 1.54) is 0 Å². The molecule has 18 heavy (non-hydrogen) atoms. The Morgan fingerprint density at radius 1 is 1.22 bits per heavy atom. The second-order valence-electron chi connectivity index (χ2n) is 3.93. The number of aromatic amines is 1. The number of imidazole rings is 1. The number of rotatable bonds is 1. The van der Waals surface area contributed by atoms with Crippen molar-refractivity contribution in [3.63, 3.8) is 0 Å². The molecule has 0 aliphatic heterocycles. The van der Waals surface area contributed by atoms with Gasteiger partial charge in [0.15, 0.2) is 5.52 Å². The van der Waals surface area contributed by atoms with Crippen molar-refractivity contribution >= 4 is 17.1 Å². The average Bonchev–Trinajstić information content (AvgIpc) is 2.74. The smallest absolute Gasteiger partial charge is 0.403 e. The lowest BCUT2D eigenvalue weighted by atomic mass is 10.3. The van der Waals surface area contributed by atoms with Crippen LogP contribution in [0.25, 0.3) is 17.1 Å². The third-order valence-corrected chi connectivity index (χ3v) is 2.56. The molecule has 0 saturated carbocycles. The number of nitrogen functional groups attached to an aromatic ring is 1. The number of nitrogens with one attached hydrogen (secondary N) is 1. The highest BCUT2D eigenvalue weighted by Gasteiger charge is 2.16. The van der Waals surface area contributed by atoms with E-state index in [4.69, 9.17) is 5.73 Å². The molecule has 0 aliphatic rings. The van der Waals surface area contributed by atoms with Gasteiger partial charge in [0.25, 0.3) is 5.65 Å². The zero-order valence-corrected chi connectivity index (χ0v) is 9.58. The van der Waals surface area contributed by atoms with Crippen LogP contribution in [0.4, 0.5) is 5.95 Å². The van der Waals surface area contributed by atoms with E-state index in [1.54, 1.807) is 4.57 Å². The number of aromatic nitrogens is 5. The summed E-state index contributed by atoms with van der Waals surface area (Å²) in [5, 5.41) is 11.6. The van der Waals surface area contributed by atoms with Crippen LogP contribution in [-0.4, -0.2) is 19.9 Å². The van der Waals surface area contributed by atoms with E-state index in [0.717, 1.165) is 5.56 Å². The highest BCUT2D eigenvalue weighted by atomic mass is 16.3. The molecule has 90 valence electrons. The molecule has 7 heteroatoms. The highest BCUT2D eigenvalue weighted by Crippen LogP contribution is 2.16. The number of aryl methyl sites for hydroxylation is 1. The molecule has 0 atom stereocenters. The Kier molecular flexibility index (Phi) is 2.12. The first-order chi connectivity index (χ1) is 8.63. The topological polar surface area (TPSA) is 107 Å². The molecule has 7 nitrogen and oxygen atoms in total. The number of hydrogen-bond donors (Lipinski definition) is 2. The van der Waals surface area contributed by atoms with Crippen molar-refractivity contribution in [1.29, 1.82) is 0 Å². The van der Waals surface area contributed by atoms with Crippen LogP contribution in [0.5, 0.6) is 5.88 Å². The Bertz CT molecular complexity index is 718. The van der Waals surface area contributed by atoms with E-state index in [2.05, 4.69) is 19.9 Å². The van der Waals surface area contributed by atoms with Crippen LogP contribution in [0.1, 0.15) is 5.56 Å². The summed E-state index contributed by atoms with van der Waals surface area (Å²) >= 11 is 0. The fourth-order valence-corrected chi connectivity index (χ4v) is 1.64. The Hall–Kier alpha value is -2.70. The minimum absolute atomic E-state index is 0.0699. The average molecular weight is 242 g/mol. The van der Waals surface area contributed by atoms with Gasteiger partial charge < -0.3 is 10.8 Å². The molecule has 0 aliphatic carbocycles. The minimum Gasteiger partial charge on any atom is -0.856 e. The lowest BCUT2D eigenvalue weighted by Gasteiger charge is -2.01. The van der Waals surface area contributed by atoms with Crippen molar-refractivity contribution in [2.24, 2.45) is 0 Å². The summed E-state index contributed by atoms with van der Waals surface area (Å²) in [5.41, 5.74) is 7.08. The molecule has 3 rings (SSSR count). The van der Waals surface area contributed by atoms with Crippen LogP contribution < -0.4 is 15.4 Å². The summed E-state index contributed by atoms with van der Waals surface area (Å²) in [7, 11) is 0. The Balaban J connectivity index is 2.19. The van der Waals surface area contributed by atoms with Gasteiger partial charge in [-0.1, -0.05) is 0 Å². The standard InChI is InChI=1S/C11H10N6O/c1-6-2-4-17(5-3-6)11-13-7-8(15-11)14-10(12)16-9(7)18/h2-5H,1H3,(H3-,12,13,14,15,16,18). The minimum atomic E-state index is -0.455. The number of pyridine rings is 1. The Morgan fingerprint density at radius 2 is 1.94 bits per heavy atom. The molecule has 0 amide bonds. The van der Waals surface area contributed by atoms with Gasteiger partial charge in [0.1, 0.15) is 0 Å². The normalized spacial score (nSPS) is 10.9. The molecule has 3 N–H and O–H groups in total. The first-order valence-corrected chi connectivity index (χ1v) is 5.32. The highest BCUT2D eigenvalue weighted by molar-refractivity contribution is 5.77. The van der Waals surface area contributed by atoms with Gasteiger partial charge in [-0.3, -0.25) is 0 Å². The third-order valence-electron chi connectivity index (χ3n) is 2.56. The largest absolute Gasteiger partial charge is 0.856 e. The zero-order valence-electron chi connectivity index (χ0n) is 9.58. The molecule has 3 aromatic rings. The molecule has 0 saturated heterocycles.